The zero-order valence-electron chi connectivity index (χ0n) is 19.9. The largest absolute Gasteiger partial charge is 0.504 e. The van der Waals surface area contributed by atoms with Gasteiger partial charge >= 0.3 is 0 Å². The quantitative estimate of drug-likeness (QED) is 0.205. The van der Waals surface area contributed by atoms with E-state index in [-0.39, 0.29) is 29.3 Å². The molecule has 0 saturated heterocycles. The number of rotatable bonds is 13. The first-order valence-electron chi connectivity index (χ1n) is 11.5. The van der Waals surface area contributed by atoms with Crippen LogP contribution in [-0.4, -0.2) is 23.2 Å². The van der Waals surface area contributed by atoms with Gasteiger partial charge in [0.25, 0.3) is 0 Å². The number of nitrogens with one attached hydrogen (secondary N) is 1. The fraction of sp³-hybridized carbons (Fsp3) is 0.615. The number of aliphatic hydroxyl groups excluding tert-OH is 1. The van der Waals surface area contributed by atoms with Gasteiger partial charge in [0.1, 0.15) is 0 Å². The Kier molecular flexibility index (Phi) is 11.5. The van der Waals surface area contributed by atoms with Crippen LogP contribution in [0.2, 0.25) is 0 Å². The number of carbonyl (C=O) groups excluding carboxylic acids is 2. The van der Waals surface area contributed by atoms with E-state index in [0.29, 0.717) is 30.2 Å². The number of hydrogen-bond acceptors (Lipinski definition) is 4. The van der Waals surface area contributed by atoms with Gasteiger partial charge < -0.3 is 10.4 Å². The topological polar surface area (TPSA) is 66.4 Å². The molecule has 0 amide bonds. The van der Waals surface area contributed by atoms with Crippen LogP contribution in [0.25, 0.3) is 0 Å². The molecule has 0 spiro atoms. The molecule has 1 rings (SSSR count). The van der Waals surface area contributed by atoms with Gasteiger partial charge in [-0.25, -0.2) is 0 Å². The van der Waals surface area contributed by atoms with Crippen molar-refractivity contribution in [3.8, 4) is 0 Å². The lowest BCUT2D eigenvalue weighted by molar-refractivity contribution is -0.118. The minimum Gasteiger partial charge on any atom is -0.504 e. The smallest absolute Gasteiger partial charge is 0.225 e. The lowest BCUT2D eigenvalue weighted by Crippen LogP contribution is -2.32. The Balaban J connectivity index is 3.02. The van der Waals surface area contributed by atoms with E-state index in [2.05, 4.69) is 46.0 Å². The monoisotopic (exact) mass is 415 g/mol. The van der Waals surface area contributed by atoms with Crippen molar-refractivity contribution in [3.05, 3.63) is 45.9 Å². The molecule has 4 nitrogen and oxygen atoms in total. The van der Waals surface area contributed by atoms with Gasteiger partial charge in [-0.1, -0.05) is 56.9 Å². The van der Waals surface area contributed by atoms with Gasteiger partial charge in [-0.2, -0.15) is 0 Å². The van der Waals surface area contributed by atoms with Crippen LogP contribution >= 0.6 is 0 Å². The van der Waals surface area contributed by atoms with E-state index in [1.165, 1.54) is 5.57 Å². The van der Waals surface area contributed by atoms with Crippen LogP contribution in [0.3, 0.4) is 0 Å². The molecule has 0 bridgehead atoms. The molecule has 0 radical (unpaired) electrons. The highest BCUT2D eigenvalue weighted by Crippen LogP contribution is 2.28. The predicted molar refractivity (Wildman–Crippen MR) is 125 cm³/mol. The van der Waals surface area contributed by atoms with E-state index >= 15 is 0 Å². The summed E-state index contributed by atoms with van der Waals surface area (Å²) in [5, 5.41) is 13.8. The molecule has 0 aromatic heterocycles. The molecule has 30 heavy (non-hydrogen) atoms. The second kappa shape index (κ2) is 13.3. The number of carbonyl (C=O) groups is 2. The molecule has 2 N–H and O–H groups in total. The third-order valence-electron chi connectivity index (χ3n) is 5.38. The lowest BCUT2D eigenvalue weighted by Gasteiger charge is -2.22. The molecule has 1 aliphatic carbocycles. The highest BCUT2D eigenvalue weighted by molar-refractivity contribution is 6.24. The highest BCUT2D eigenvalue weighted by Gasteiger charge is 2.33. The third-order valence-corrected chi connectivity index (χ3v) is 5.38. The Morgan fingerprint density at radius 3 is 2.33 bits per heavy atom. The van der Waals surface area contributed by atoms with Crippen LogP contribution in [0.5, 0.6) is 0 Å². The van der Waals surface area contributed by atoms with Gasteiger partial charge in [0.2, 0.25) is 11.6 Å². The normalized spacial score (nSPS) is 15.4. The molecule has 0 aliphatic heterocycles. The third kappa shape index (κ3) is 8.33. The summed E-state index contributed by atoms with van der Waals surface area (Å²) in [4.78, 5) is 26.1. The molecule has 0 heterocycles. The summed E-state index contributed by atoms with van der Waals surface area (Å²) in [5.41, 5.74) is 3.50. The molecule has 0 aromatic carbocycles. The molecule has 0 fully saturated rings. The Bertz CT molecular complexity index is 731. The maximum absolute atomic E-state index is 13.2. The summed E-state index contributed by atoms with van der Waals surface area (Å²) in [6.07, 6.45) is 10.6. The Morgan fingerprint density at radius 1 is 1.03 bits per heavy atom. The van der Waals surface area contributed by atoms with E-state index in [4.69, 9.17) is 0 Å². The van der Waals surface area contributed by atoms with Gasteiger partial charge in [-0.3, -0.25) is 9.59 Å². The number of allylic oxidation sites excluding steroid dienone is 6. The van der Waals surface area contributed by atoms with Gasteiger partial charge in [0, 0.05) is 12.1 Å². The van der Waals surface area contributed by atoms with Gasteiger partial charge in [-0.15, -0.1) is 0 Å². The Morgan fingerprint density at radius 2 is 1.73 bits per heavy atom. The SMILES string of the molecule is CCCCCC1=C(NCCC(C)C)C(=O)C(C/C=C(\C)CCC=C(C)C)=C(O)C1=O. The summed E-state index contributed by atoms with van der Waals surface area (Å²) < 4.78 is 0. The van der Waals surface area contributed by atoms with E-state index in [0.717, 1.165) is 44.1 Å². The van der Waals surface area contributed by atoms with Crippen LogP contribution in [0, 0.1) is 5.92 Å². The fourth-order valence-corrected chi connectivity index (χ4v) is 3.41. The van der Waals surface area contributed by atoms with Crippen molar-refractivity contribution in [1.82, 2.24) is 5.32 Å². The predicted octanol–water partition coefficient (Wildman–Crippen LogP) is 6.50. The van der Waals surface area contributed by atoms with E-state index in [1.807, 2.05) is 13.0 Å². The molecule has 0 saturated carbocycles. The number of unbranched alkanes of at least 4 members (excludes halogenated alkanes) is 2. The molecule has 1 aliphatic rings. The van der Waals surface area contributed by atoms with Crippen LogP contribution in [0.1, 0.15) is 92.9 Å². The van der Waals surface area contributed by atoms with Gasteiger partial charge in [0.15, 0.2) is 5.76 Å². The first kappa shape index (κ1) is 25.9. The van der Waals surface area contributed by atoms with Crippen LogP contribution in [0.4, 0.5) is 0 Å². The Hall–Kier alpha value is -2.10. The summed E-state index contributed by atoms with van der Waals surface area (Å²) in [6.45, 7) is 13.2. The number of ketones is 2. The molecule has 0 aromatic rings. The standard InChI is InChI=1S/C26H41NO3/c1-7-8-9-13-21-23(27-17-16-19(4)5)24(28)22(26(30)25(21)29)15-14-20(6)12-10-11-18(2)3/h11,14,19,27,30H,7-10,12-13,15-17H2,1-6H3/b20-14+. The average molecular weight is 416 g/mol. The van der Waals surface area contributed by atoms with Crippen molar-refractivity contribution in [2.24, 2.45) is 5.92 Å². The minimum absolute atomic E-state index is 0.216. The van der Waals surface area contributed by atoms with E-state index < -0.39 is 0 Å². The van der Waals surface area contributed by atoms with Crippen LogP contribution < -0.4 is 5.32 Å². The average Bonchev–Trinajstić information content (AvgIpc) is 2.67. The number of Topliss-reactive ketones (excluding diaryl/α,β-unsaturated/α-hetero) is 2. The maximum Gasteiger partial charge on any atom is 0.225 e. The Labute approximate surface area is 183 Å². The zero-order valence-corrected chi connectivity index (χ0v) is 19.9. The first-order chi connectivity index (χ1) is 14.2. The summed E-state index contributed by atoms with van der Waals surface area (Å²) in [7, 11) is 0. The van der Waals surface area contributed by atoms with Crippen molar-refractivity contribution in [2.75, 3.05) is 6.54 Å². The molecule has 0 atom stereocenters. The van der Waals surface area contributed by atoms with Crippen molar-refractivity contribution >= 4 is 11.6 Å². The van der Waals surface area contributed by atoms with Crippen LogP contribution in [-0.2, 0) is 9.59 Å². The van der Waals surface area contributed by atoms with Gasteiger partial charge in [-0.05, 0) is 65.2 Å². The fourth-order valence-electron chi connectivity index (χ4n) is 3.41. The van der Waals surface area contributed by atoms with Gasteiger partial charge in [0.05, 0.1) is 11.3 Å². The highest BCUT2D eigenvalue weighted by atomic mass is 16.3. The maximum atomic E-state index is 13.2. The summed E-state index contributed by atoms with van der Waals surface area (Å²) in [5.74, 6) is -0.473. The molecule has 0 unspecified atom stereocenters. The molecular weight excluding hydrogens is 374 g/mol. The second-order valence-corrected chi connectivity index (χ2v) is 8.98. The lowest BCUT2D eigenvalue weighted by atomic mass is 9.87. The van der Waals surface area contributed by atoms with Crippen molar-refractivity contribution in [3.63, 3.8) is 0 Å². The molecule has 168 valence electrons. The second-order valence-electron chi connectivity index (χ2n) is 8.98. The van der Waals surface area contributed by atoms with E-state index in [1.54, 1.807) is 0 Å². The van der Waals surface area contributed by atoms with Crippen molar-refractivity contribution in [2.45, 2.75) is 92.9 Å². The number of aliphatic hydroxyl groups is 1. The van der Waals surface area contributed by atoms with Crippen molar-refractivity contribution in [1.29, 1.82) is 0 Å². The zero-order chi connectivity index (χ0) is 22.7. The number of hydrogen-bond donors (Lipinski definition) is 2. The van der Waals surface area contributed by atoms with Crippen LogP contribution in [0.15, 0.2) is 45.9 Å². The van der Waals surface area contributed by atoms with E-state index in [9.17, 15) is 14.7 Å². The van der Waals surface area contributed by atoms with Crippen molar-refractivity contribution < 1.29 is 14.7 Å². The first-order valence-corrected chi connectivity index (χ1v) is 11.5. The summed E-state index contributed by atoms with van der Waals surface area (Å²) >= 11 is 0. The summed E-state index contributed by atoms with van der Waals surface area (Å²) in [6, 6.07) is 0. The minimum atomic E-state index is -0.386. The molecular formula is C26H41NO3. The molecule has 4 heteroatoms.